The smallest absolute Gasteiger partial charge is 0.226 e. The van der Waals surface area contributed by atoms with Gasteiger partial charge in [-0.05, 0) is 54.5 Å². The summed E-state index contributed by atoms with van der Waals surface area (Å²) in [5.41, 5.74) is 1.92. The molecule has 2 aromatic carbocycles. The molecule has 4 rings (SSSR count). The SMILES string of the molecule is CS(=O)(=O)c1ccc([C@H](CC(=O)Nc2cnc(-c3ccccc3O)cn2)C2CCCC2)cc1Cl. The second-order valence-corrected chi connectivity index (χ2v) is 11.1. The van der Waals surface area contributed by atoms with Crippen molar-refractivity contribution in [1.82, 2.24) is 9.97 Å². The molecule has 9 heteroatoms. The van der Waals surface area contributed by atoms with Crippen LogP contribution >= 0.6 is 11.6 Å². The van der Waals surface area contributed by atoms with Crippen LogP contribution in [0.25, 0.3) is 11.3 Å². The number of rotatable bonds is 7. The lowest BCUT2D eigenvalue weighted by atomic mass is 9.82. The van der Waals surface area contributed by atoms with Gasteiger partial charge in [-0.15, -0.1) is 0 Å². The molecule has 34 heavy (non-hydrogen) atoms. The summed E-state index contributed by atoms with van der Waals surface area (Å²) in [6, 6.07) is 11.8. The van der Waals surface area contributed by atoms with Gasteiger partial charge in [0.1, 0.15) is 5.75 Å². The number of nitrogens with zero attached hydrogens (tertiary/aromatic N) is 2. The molecule has 1 amide bonds. The van der Waals surface area contributed by atoms with Gasteiger partial charge in [-0.2, -0.15) is 0 Å². The van der Waals surface area contributed by atoms with Crippen LogP contribution in [0.1, 0.15) is 43.6 Å². The minimum absolute atomic E-state index is 0.0814. The van der Waals surface area contributed by atoms with Crippen molar-refractivity contribution in [2.75, 3.05) is 11.6 Å². The number of phenolic OH excluding ortho intramolecular Hbond substituents is 1. The topological polar surface area (TPSA) is 109 Å². The van der Waals surface area contributed by atoms with E-state index in [1.165, 1.54) is 18.5 Å². The van der Waals surface area contributed by atoms with Crippen LogP contribution in [0.2, 0.25) is 5.02 Å². The number of carbonyl (C=O) groups is 1. The monoisotopic (exact) mass is 499 g/mol. The van der Waals surface area contributed by atoms with Crippen molar-refractivity contribution in [2.45, 2.75) is 42.9 Å². The second kappa shape index (κ2) is 10.1. The quantitative estimate of drug-likeness (QED) is 0.462. The number of aromatic hydroxyl groups is 1. The Morgan fingerprint density at radius 1 is 1.15 bits per heavy atom. The third-order valence-electron chi connectivity index (χ3n) is 6.26. The Labute approximate surface area is 204 Å². The third-order valence-corrected chi connectivity index (χ3v) is 7.84. The van der Waals surface area contributed by atoms with E-state index in [1.807, 2.05) is 0 Å². The number of hydrogen-bond donors (Lipinski definition) is 2. The molecule has 1 heterocycles. The molecule has 0 bridgehead atoms. The third kappa shape index (κ3) is 5.56. The van der Waals surface area contributed by atoms with Gasteiger partial charge in [-0.3, -0.25) is 9.78 Å². The normalized spacial score (nSPS) is 15.2. The molecule has 178 valence electrons. The number of phenols is 1. The fraction of sp³-hybridized carbons (Fsp3) is 0.320. The van der Waals surface area contributed by atoms with Gasteiger partial charge in [0.15, 0.2) is 15.7 Å². The van der Waals surface area contributed by atoms with Crippen LogP contribution < -0.4 is 5.32 Å². The molecule has 1 aliphatic carbocycles. The number of anilines is 1. The number of para-hydroxylation sites is 1. The lowest BCUT2D eigenvalue weighted by Crippen LogP contribution is -2.20. The largest absolute Gasteiger partial charge is 0.507 e. The minimum Gasteiger partial charge on any atom is -0.507 e. The van der Waals surface area contributed by atoms with Crippen molar-refractivity contribution in [3.8, 4) is 17.0 Å². The van der Waals surface area contributed by atoms with Crippen LogP contribution in [-0.2, 0) is 14.6 Å². The summed E-state index contributed by atoms with van der Waals surface area (Å²) < 4.78 is 23.9. The molecule has 1 aliphatic rings. The highest BCUT2D eigenvalue weighted by molar-refractivity contribution is 7.90. The van der Waals surface area contributed by atoms with Crippen LogP contribution in [-0.4, -0.2) is 35.7 Å². The van der Waals surface area contributed by atoms with Crippen molar-refractivity contribution >= 4 is 33.2 Å². The zero-order valence-corrected chi connectivity index (χ0v) is 20.3. The van der Waals surface area contributed by atoms with E-state index < -0.39 is 9.84 Å². The molecule has 1 saturated carbocycles. The van der Waals surface area contributed by atoms with E-state index >= 15 is 0 Å². The second-order valence-electron chi connectivity index (χ2n) is 8.67. The van der Waals surface area contributed by atoms with Gasteiger partial charge in [0, 0.05) is 18.2 Å². The lowest BCUT2D eigenvalue weighted by molar-refractivity contribution is -0.116. The molecule has 2 N–H and O–H groups in total. The van der Waals surface area contributed by atoms with Crippen LogP contribution in [0.4, 0.5) is 5.82 Å². The van der Waals surface area contributed by atoms with Gasteiger partial charge in [0.2, 0.25) is 5.91 Å². The zero-order valence-electron chi connectivity index (χ0n) is 18.7. The number of aromatic nitrogens is 2. The predicted molar refractivity (Wildman–Crippen MR) is 132 cm³/mol. The summed E-state index contributed by atoms with van der Waals surface area (Å²) >= 11 is 6.29. The fourth-order valence-corrected chi connectivity index (χ4v) is 5.92. The van der Waals surface area contributed by atoms with Gasteiger partial charge in [-0.25, -0.2) is 13.4 Å². The summed E-state index contributed by atoms with van der Waals surface area (Å²) in [7, 11) is -3.43. The molecular formula is C25H26ClN3O4S. The van der Waals surface area contributed by atoms with Gasteiger partial charge in [0.05, 0.1) is 28.0 Å². The fourth-order valence-electron chi connectivity index (χ4n) is 4.58. The predicted octanol–water partition coefficient (Wildman–Crippen LogP) is 5.21. The molecule has 0 radical (unpaired) electrons. The number of carbonyl (C=O) groups excluding carboxylic acids is 1. The standard InChI is InChI=1S/C25H26ClN3O4S/c1-34(32,33)23-11-10-17(12-20(23)26)19(16-6-2-3-7-16)13-25(31)29-24-15-27-21(14-28-24)18-8-4-5-9-22(18)30/h4-5,8-12,14-16,19,30H,2-3,6-7,13H2,1H3,(H,28,29,31)/t19-/m1/s1. The van der Waals surface area contributed by atoms with E-state index in [1.54, 1.807) is 36.4 Å². The van der Waals surface area contributed by atoms with Crippen molar-refractivity contribution in [3.05, 3.63) is 65.4 Å². The number of halogens is 1. The maximum absolute atomic E-state index is 12.9. The molecule has 0 saturated heterocycles. The molecule has 3 aromatic rings. The molecule has 0 aliphatic heterocycles. The molecular weight excluding hydrogens is 474 g/mol. The average molecular weight is 500 g/mol. The Hall–Kier alpha value is -2.97. The van der Waals surface area contributed by atoms with Gasteiger partial charge >= 0.3 is 0 Å². The van der Waals surface area contributed by atoms with E-state index in [0.717, 1.165) is 37.5 Å². The highest BCUT2D eigenvalue weighted by atomic mass is 35.5. The van der Waals surface area contributed by atoms with E-state index in [4.69, 9.17) is 11.6 Å². The van der Waals surface area contributed by atoms with Crippen molar-refractivity contribution in [3.63, 3.8) is 0 Å². The first-order valence-electron chi connectivity index (χ1n) is 11.1. The van der Waals surface area contributed by atoms with E-state index in [9.17, 15) is 18.3 Å². The highest BCUT2D eigenvalue weighted by Gasteiger charge is 2.29. The Bertz CT molecular complexity index is 1290. The van der Waals surface area contributed by atoms with Crippen molar-refractivity contribution in [1.29, 1.82) is 0 Å². The molecule has 0 spiro atoms. The zero-order chi connectivity index (χ0) is 24.3. The van der Waals surface area contributed by atoms with Gasteiger partial charge < -0.3 is 10.4 Å². The van der Waals surface area contributed by atoms with Crippen molar-refractivity contribution < 1.29 is 18.3 Å². The Balaban J connectivity index is 1.51. The summed E-state index contributed by atoms with van der Waals surface area (Å²) in [6.07, 6.45) is 8.56. The molecule has 0 unspecified atom stereocenters. The summed E-state index contributed by atoms with van der Waals surface area (Å²) in [6.45, 7) is 0. The first-order chi connectivity index (χ1) is 16.2. The Morgan fingerprint density at radius 3 is 2.50 bits per heavy atom. The van der Waals surface area contributed by atoms with Crippen LogP contribution in [0.3, 0.4) is 0 Å². The van der Waals surface area contributed by atoms with Crippen LogP contribution in [0.15, 0.2) is 59.8 Å². The number of nitrogens with one attached hydrogen (secondary N) is 1. The number of benzene rings is 2. The molecule has 1 atom stereocenters. The number of sulfone groups is 1. The van der Waals surface area contributed by atoms with E-state index in [2.05, 4.69) is 15.3 Å². The average Bonchev–Trinajstić information content (AvgIpc) is 3.32. The maximum atomic E-state index is 12.9. The van der Waals surface area contributed by atoms with E-state index in [0.29, 0.717) is 23.0 Å². The number of hydrogen-bond acceptors (Lipinski definition) is 6. The van der Waals surface area contributed by atoms with E-state index in [-0.39, 0.29) is 33.9 Å². The first kappa shape index (κ1) is 24.2. The summed E-state index contributed by atoms with van der Waals surface area (Å²) in [4.78, 5) is 21.6. The molecule has 7 nitrogen and oxygen atoms in total. The number of amides is 1. The molecule has 1 fully saturated rings. The minimum atomic E-state index is -3.43. The first-order valence-corrected chi connectivity index (χ1v) is 13.4. The van der Waals surface area contributed by atoms with Crippen molar-refractivity contribution in [2.24, 2.45) is 5.92 Å². The highest BCUT2D eigenvalue weighted by Crippen LogP contribution is 2.41. The summed E-state index contributed by atoms with van der Waals surface area (Å²) in [5, 5.41) is 13.0. The summed E-state index contributed by atoms with van der Waals surface area (Å²) in [5.74, 6) is 0.459. The lowest BCUT2D eigenvalue weighted by Gasteiger charge is -2.24. The van der Waals surface area contributed by atoms with Crippen LogP contribution in [0, 0.1) is 5.92 Å². The van der Waals surface area contributed by atoms with Gasteiger partial charge in [0.25, 0.3) is 0 Å². The maximum Gasteiger partial charge on any atom is 0.226 e. The van der Waals surface area contributed by atoms with Gasteiger partial charge in [-0.1, -0.05) is 42.6 Å². The molecule has 1 aromatic heterocycles. The Morgan fingerprint density at radius 2 is 1.88 bits per heavy atom. The Kier molecular flexibility index (Phi) is 7.19. The van der Waals surface area contributed by atoms with Crippen LogP contribution in [0.5, 0.6) is 5.75 Å².